The van der Waals surface area contributed by atoms with Crippen LogP contribution in [0.4, 0.5) is 10.1 Å². The first-order valence-electron chi connectivity index (χ1n) is 8.57. The first-order chi connectivity index (χ1) is 12.4. The summed E-state index contributed by atoms with van der Waals surface area (Å²) in [7, 11) is 0. The first-order valence-corrected chi connectivity index (χ1v) is 8.57. The van der Waals surface area contributed by atoms with Crippen molar-refractivity contribution in [3.05, 3.63) is 59.9 Å². The molecule has 2 rings (SSSR count). The van der Waals surface area contributed by atoms with Gasteiger partial charge in [0.2, 0.25) is 0 Å². The highest BCUT2D eigenvalue weighted by atomic mass is 19.1. The van der Waals surface area contributed by atoms with Gasteiger partial charge >= 0.3 is 0 Å². The Morgan fingerprint density at radius 3 is 2.15 bits per heavy atom. The summed E-state index contributed by atoms with van der Waals surface area (Å²) >= 11 is 0. The zero-order valence-corrected chi connectivity index (χ0v) is 15.2. The van der Waals surface area contributed by atoms with E-state index in [0.29, 0.717) is 30.1 Å². The van der Waals surface area contributed by atoms with Gasteiger partial charge in [0.1, 0.15) is 11.6 Å². The van der Waals surface area contributed by atoms with E-state index in [-0.39, 0.29) is 17.6 Å². The van der Waals surface area contributed by atoms with Crippen molar-refractivity contribution in [2.24, 2.45) is 0 Å². The van der Waals surface area contributed by atoms with Crippen LogP contribution in [0, 0.1) is 5.82 Å². The number of benzene rings is 2. The lowest BCUT2D eigenvalue weighted by Crippen LogP contribution is -2.31. The minimum atomic E-state index is -0.752. The Morgan fingerprint density at radius 2 is 1.62 bits per heavy atom. The summed E-state index contributed by atoms with van der Waals surface area (Å²) in [5.41, 5.74) is 1.14. The second-order valence-corrected chi connectivity index (χ2v) is 5.76. The fourth-order valence-electron chi connectivity index (χ4n) is 2.40. The van der Waals surface area contributed by atoms with Crippen LogP contribution in [0.2, 0.25) is 0 Å². The van der Waals surface area contributed by atoms with E-state index in [0.717, 1.165) is 0 Å². The first kappa shape index (κ1) is 19.4. The highest BCUT2D eigenvalue weighted by Gasteiger charge is 2.16. The van der Waals surface area contributed by atoms with Gasteiger partial charge in [-0.2, -0.15) is 0 Å². The molecule has 138 valence electrons. The smallest absolute Gasteiger partial charge is 0.265 e. The zero-order chi connectivity index (χ0) is 19.1. The molecule has 0 fully saturated rings. The number of nitrogens with zero attached hydrogens (tertiary/aromatic N) is 1. The number of anilines is 1. The largest absolute Gasteiger partial charge is 0.481 e. The van der Waals surface area contributed by atoms with E-state index in [4.69, 9.17) is 4.74 Å². The Labute approximate surface area is 152 Å². The van der Waals surface area contributed by atoms with Crippen molar-refractivity contribution < 1.29 is 18.7 Å². The molecule has 0 saturated carbocycles. The third-order valence-electron chi connectivity index (χ3n) is 3.95. The van der Waals surface area contributed by atoms with Gasteiger partial charge in [-0.15, -0.1) is 0 Å². The van der Waals surface area contributed by atoms with E-state index in [2.05, 4.69) is 5.32 Å². The number of hydrogen-bond donors (Lipinski definition) is 1. The maximum atomic E-state index is 12.9. The van der Waals surface area contributed by atoms with Crippen molar-refractivity contribution >= 4 is 17.5 Å². The van der Waals surface area contributed by atoms with Crippen LogP contribution < -0.4 is 10.1 Å². The van der Waals surface area contributed by atoms with Gasteiger partial charge in [0.25, 0.3) is 11.8 Å². The molecule has 0 aliphatic carbocycles. The number of halogens is 1. The average Bonchev–Trinajstić information content (AvgIpc) is 2.65. The highest BCUT2D eigenvalue weighted by Crippen LogP contribution is 2.15. The van der Waals surface area contributed by atoms with Crippen LogP contribution in [0.5, 0.6) is 5.75 Å². The summed E-state index contributed by atoms with van der Waals surface area (Å²) in [6.07, 6.45) is -0.752. The lowest BCUT2D eigenvalue weighted by Gasteiger charge is -2.19. The molecule has 1 N–H and O–H groups in total. The molecule has 26 heavy (non-hydrogen) atoms. The second-order valence-electron chi connectivity index (χ2n) is 5.76. The molecule has 0 aliphatic heterocycles. The molecule has 0 heterocycles. The molecule has 0 spiro atoms. The number of carbonyl (C=O) groups is 2. The van der Waals surface area contributed by atoms with Crippen molar-refractivity contribution in [3.8, 4) is 5.75 Å². The maximum Gasteiger partial charge on any atom is 0.265 e. The summed E-state index contributed by atoms with van der Waals surface area (Å²) in [5, 5.41) is 2.73. The van der Waals surface area contributed by atoms with E-state index in [1.165, 1.54) is 24.3 Å². The molecule has 0 aliphatic rings. The summed E-state index contributed by atoms with van der Waals surface area (Å²) in [6, 6.07) is 12.2. The van der Waals surface area contributed by atoms with Crippen molar-refractivity contribution in [1.29, 1.82) is 0 Å². The number of ether oxygens (including phenoxy) is 1. The lowest BCUT2D eigenvalue weighted by molar-refractivity contribution is -0.122. The minimum Gasteiger partial charge on any atom is -0.481 e. The Bertz CT molecular complexity index is 741. The van der Waals surface area contributed by atoms with Gasteiger partial charge in [-0.3, -0.25) is 9.59 Å². The zero-order valence-electron chi connectivity index (χ0n) is 15.2. The summed E-state index contributed by atoms with van der Waals surface area (Å²) in [5.74, 6) is -0.332. The van der Waals surface area contributed by atoms with Crippen molar-refractivity contribution in [1.82, 2.24) is 4.90 Å². The quantitative estimate of drug-likeness (QED) is 0.821. The average molecular weight is 358 g/mol. The number of nitrogens with one attached hydrogen (secondary N) is 1. The van der Waals surface area contributed by atoms with Crippen LogP contribution >= 0.6 is 0 Å². The van der Waals surface area contributed by atoms with Gasteiger partial charge in [0.05, 0.1) is 0 Å². The van der Waals surface area contributed by atoms with Crippen LogP contribution in [0.1, 0.15) is 31.1 Å². The molecule has 0 radical (unpaired) electrons. The topological polar surface area (TPSA) is 58.6 Å². The van der Waals surface area contributed by atoms with E-state index >= 15 is 0 Å². The maximum absolute atomic E-state index is 12.9. The van der Waals surface area contributed by atoms with Crippen LogP contribution in [0.25, 0.3) is 0 Å². The number of carbonyl (C=O) groups excluding carboxylic acids is 2. The Hall–Kier alpha value is -2.89. The molecular weight excluding hydrogens is 335 g/mol. The third-order valence-corrected chi connectivity index (χ3v) is 3.95. The predicted molar refractivity (Wildman–Crippen MR) is 98.8 cm³/mol. The number of amides is 2. The van der Waals surface area contributed by atoms with E-state index in [1.54, 1.807) is 36.1 Å². The monoisotopic (exact) mass is 358 g/mol. The summed E-state index contributed by atoms with van der Waals surface area (Å²) < 4.78 is 18.4. The Balaban J connectivity index is 1.96. The molecule has 2 amide bonds. The molecule has 1 atom stereocenters. The molecule has 0 aromatic heterocycles. The van der Waals surface area contributed by atoms with Crippen molar-refractivity contribution in [3.63, 3.8) is 0 Å². The van der Waals surface area contributed by atoms with E-state index in [9.17, 15) is 14.0 Å². The standard InChI is InChI=1S/C20H23FN2O3/c1-4-23(5-2)20(25)15-6-10-17(11-7-15)22-19(24)14(3)26-18-12-8-16(21)9-13-18/h6-14H,4-5H2,1-3H3,(H,22,24)/t14-/m1/s1. The SMILES string of the molecule is CCN(CC)C(=O)c1ccc(NC(=O)[C@@H](C)Oc2ccc(F)cc2)cc1. The van der Waals surface area contributed by atoms with Gasteiger partial charge in [0.15, 0.2) is 6.10 Å². The van der Waals surface area contributed by atoms with Gasteiger partial charge in [-0.1, -0.05) is 0 Å². The number of hydrogen-bond acceptors (Lipinski definition) is 3. The van der Waals surface area contributed by atoms with Crippen LogP contribution in [0.3, 0.4) is 0 Å². The third kappa shape index (κ3) is 5.05. The molecule has 0 saturated heterocycles. The van der Waals surface area contributed by atoms with Crippen LogP contribution in [-0.2, 0) is 4.79 Å². The molecular formula is C20H23FN2O3. The predicted octanol–water partition coefficient (Wildman–Crippen LogP) is 3.71. The molecule has 6 heteroatoms. The van der Waals surface area contributed by atoms with E-state index < -0.39 is 6.10 Å². The van der Waals surface area contributed by atoms with Crippen molar-refractivity contribution in [2.75, 3.05) is 18.4 Å². The molecule has 2 aromatic rings. The highest BCUT2D eigenvalue weighted by molar-refractivity contribution is 5.96. The normalized spacial score (nSPS) is 11.5. The minimum absolute atomic E-state index is 0.0408. The van der Waals surface area contributed by atoms with Crippen LogP contribution in [-0.4, -0.2) is 35.9 Å². The van der Waals surface area contributed by atoms with Gasteiger partial charge in [0, 0.05) is 24.3 Å². The molecule has 5 nitrogen and oxygen atoms in total. The summed E-state index contributed by atoms with van der Waals surface area (Å²) in [4.78, 5) is 26.2. The Kier molecular flexibility index (Phi) is 6.72. The second kappa shape index (κ2) is 8.99. The van der Waals surface area contributed by atoms with Gasteiger partial charge < -0.3 is 15.0 Å². The van der Waals surface area contributed by atoms with Crippen molar-refractivity contribution in [2.45, 2.75) is 26.9 Å². The van der Waals surface area contributed by atoms with Crippen LogP contribution in [0.15, 0.2) is 48.5 Å². The molecule has 2 aromatic carbocycles. The van der Waals surface area contributed by atoms with E-state index in [1.807, 2.05) is 13.8 Å². The fraction of sp³-hybridized carbons (Fsp3) is 0.300. The Morgan fingerprint density at radius 1 is 1.04 bits per heavy atom. The summed E-state index contributed by atoms with van der Waals surface area (Å²) in [6.45, 7) is 6.76. The molecule has 0 bridgehead atoms. The number of rotatable bonds is 7. The molecule has 0 unspecified atom stereocenters. The van der Waals surface area contributed by atoms with Gasteiger partial charge in [-0.25, -0.2) is 4.39 Å². The van der Waals surface area contributed by atoms with Gasteiger partial charge in [-0.05, 0) is 69.3 Å². The fourth-order valence-corrected chi connectivity index (χ4v) is 2.40. The lowest BCUT2D eigenvalue weighted by atomic mass is 10.1.